The fourth-order valence-corrected chi connectivity index (χ4v) is 2.42. The fraction of sp³-hybridized carbons (Fsp3) is 0.500. The Morgan fingerprint density at radius 1 is 1.73 bits per heavy atom. The zero-order chi connectivity index (χ0) is 11.5. The molecular weight excluding hydrogens is 216 g/mol. The SMILES string of the molecule is CCC(C#N)NS(=O)(=O)c1ccnn1C. The van der Waals surface area contributed by atoms with Gasteiger partial charge in [-0.1, -0.05) is 6.92 Å². The van der Waals surface area contributed by atoms with Crippen molar-refractivity contribution >= 4 is 10.0 Å². The molecule has 6 nitrogen and oxygen atoms in total. The van der Waals surface area contributed by atoms with Crippen molar-refractivity contribution in [3.63, 3.8) is 0 Å². The first-order chi connectivity index (χ1) is 7.01. The molecule has 0 amide bonds. The van der Waals surface area contributed by atoms with Crippen molar-refractivity contribution in [1.82, 2.24) is 14.5 Å². The van der Waals surface area contributed by atoms with E-state index in [0.717, 1.165) is 0 Å². The summed E-state index contributed by atoms with van der Waals surface area (Å²) in [6.07, 6.45) is 1.81. The molecule has 1 unspecified atom stereocenters. The summed E-state index contributed by atoms with van der Waals surface area (Å²) < 4.78 is 27.0. The number of hydrogen-bond acceptors (Lipinski definition) is 4. The minimum absolute atomic E-state index is 0.0520. The maximum absolute atomic E-state index is 11.7. The summed E-state index contributed by atoms with van der Waals surface area (Å²) in [5.41, 5.74) is 0. The van der Waals surface area contributed by atoms with Crippen LogP contribution in [0.25, 0.3) is 0 Å². The van der Waals surface area contributed by atoms with E-state index in [1.54, 1.807) is 6.92 Å². The van der Waals surface area contributed by atoms with E-state index in [4.69, 9.17) is 5.26 Å². The number of nitrogens with one attached hydrogen (secondary N) is 1. The van der Waals surface area contributed by atoms with Crippen LogP contribution in [0.15, 0.2) is 17.3 Å². The van der Waals surface area contributed by atoms with Crippen LogP contribution in [0.3, 0.4) is 0 Å². The van der Waals surface area contributed by atoms with Gasteiger partial charge in [0.2, 0.25) is 0 Å². The number of aryl methyl sites for hydroxylation is 1. The molecule has 1 aromatic rings. The normalized spacial score (nSPS) is 13.4. The number of aromatic nitrogens is 2. The van der Waals surface area contributed by atoms with Gasteiger partial charge in [-0.3, -0.25) is 4.68 Å². The smallest absolute Gasteiger partial charge is 0.256 e. The second-order valence-electron chi connectivity index (χ2n) is 3.00. The quantitative estimate of drug-likeness (QED) is 0.785. The van der Waals surface area contributed by atoms with Crippen molar-refractivity contribution in [2.45, 2.75) is 24.4 Å². The van der Waals surface area contributed by atoms with Crippen LogP contribution in [0.4, 0.5) is 0 Å². The Kier molecular flexibility index (Phi) is 3.44. The molecule has 0 bridgehead atoms. The molecule has 1 atom stereocenters. The van der Waals surface area contributed by atoms with Crippen molar-refractivity contribution in [3.05, 3.63) is 12.3 Å². The average molecular weight is 228 g/mol. The Morgan fingerprint density at radius 3 is 2.80 bits per heavy atom. The van der Waals surface area contributed by atoms with E-state index < -0.39 is 16.1 Å². The van der Waals surface area contributed by atoms with E-state index >= 15 is 0 Å². The second-order valence-corrected chi connectivity index (χ2v) is 4.67. The molecule has 0 aliphatic rings. The van der Waals surface area contributed by atoms with Gasteiger partial charge in [-0.25, -0.2) is 8.42 Å². The van der Waals surface area contributed by atoms with Crippen molar-refractivity contribution in [2.24, 2.45) is 7.05 Å². The van der Waals surface area contributed by atoms with Gasteiger partial charge in [-0.15, -0.1) is 0 Å². The van der Waals surface area contributed by atoms with Crippen LogP contribution in [0.1, 0.15) is 13.3 Å². The Morgan fingerprint density at radius 2 is 2.40 bits per heavy atom. The zero-order valence-corrected chi connectivity index (χ0v) is 9.32. The molecule has 0 aliphatic heterocycles. The van der Waals surface area contributed by atoms with Gasteiger partial charge in [0, 0.05) is 7.05 Å². The first kappa shape index (κ1) is 11.7. The van der Waals surface area contributed by atoms with Gasteiger partial charge in [0.25, 0.3) is 10.0 Å². The Bertz CT molecular complexity index is 471. The highest BCUT2D eigenvalue weighted by Gasteiger charge is 2.21. The summed E-state index contributed by atoms with van der Waals surface area (Å²) in [6.45, 7) is 1.74. The van der Waals surface area contributed by atoms with Gasteiger partial charge in [-0.05, 0) is 12.5 Å². The molecule has 0 spiro atoms. The maximum atomic E-state index is 11.7. The molecule has 1 N–H and O–H groups in total. The maximum Gasteiger partial charge on any atom is 0.258 e. The summed E-state index contributed by atoms with van der Waals surface area (Å²) in [5, 5.41) is 12.5. The van der Waals surface area contributed by atoms with Crippen LogP contribution < -0.4 is 4.72 Å². The second kappa shape index (κ2) is 4.42. The number of nitrogens with zero attached hydrogens (tertiary/aromatic N) is 3. The van der Waals surface area contributed by atoms with Crippen molar-refractivity contribution in [3.8, 4) is 6.07 Å². The van der Waals surface area contributed by atoms with Gasteiger partial charge >= 0.3 is 0 Å². The molecule has 1 aromatic heterocycles. The summed E-state index contributed by atoms with van der Waals surface area (Å²) in [6, 6.07) is 2.55. The first-order valence-electron chi connectivity index (χ1n) is 4.41. The van der Waals surface area contributed by atoms with E-state index in [0.29, 0.717) is 6.42 Å². The third-order valence-corrected chi connectivity index (χ3v) is 3.46. The average Bonchev–Trinajstić information content (AvgIpc) is 2.61. The van der Waals surface area contributed by atoms with E-state index in [2.05, 4.69) is 9.82 Å². The van der Waals surface area contributed by atoms with E-state index in [9.17, 15) is 8.42 Å². The topological polar surface area (TPSA) is 87.8 Å². The van der Waals surface area contributed by atoms with Crippen LogP contribution in [-0.2, 0) is 17.1 Å². The Balaban J connectivity index is 2.96. The van der Waals surface area contributed by atoms with E-state index in [-0.39, 0.29) is 5.03 Å². The minimum atomic E-state index is -3.64. The number of rotatable bonds is 4. The molecule has 0 radical (unpaired) electrons. The lowest BCUT2D eigenvalue weighted by Crippen LogP contribution is -2.34. The van der Waals surface area contributed by atoms with Crippen LogP contribution in [0, 0.1) is 11.3 Å². The number of sulfonamides is 1. The summed E-state index contributed by atoms with van der Waals surface area (Å²) in [7, 11) is -2.11. The fourth-order valence-electron chi connectivity index (χ4n) is 1.07. The highest BCUT2D eigenvalue weighted by atomic mass is 32.2. The molecule has 0 saturated carbocycles. The standard InChI is InChI=1S/C8H12N4O2S/c1-3-7(6-9)11-15(13,14)8-4-5-10-12(8)2/h4-5,7,11H,3H2,1-2H3. The largest absolute Gasteiger partial charge is 0.258 e. The van der Waals surface area contributed by atoms with Crippen molar-refractivity contribution in [2.75, 3.05) is 0 Å². The summed E-state index contributed by atoms with van der Waals surface area (Å²) in [4.78, 5) is 0. The van der Waals surface area contributed by atoms with Gasteiger partial charge in [-0.2, -0.15) is 15.1 Å². The van der Waals surface area contributed by atoms with Crippen LogP contribution in [0.5, 0.6) is 0 Å². The molecule has 0 aliphatic carbocycles. The van der Waals surface area contributed by atoms with Crippen LogP contribution in [0.2, 0.25) is 0 Å². The first-order valence-corrected chi connectivity index (χ1v) is 5.89. The van der Waals surface area contributed by atoms with E-state index in [1.807, 2.05) is 6.07 Å². The Labute approximate surface area is 88.6 Å². The lowest BCUT2D eigenvalue weighted by molar-refractivity contribution is 0.552. The predicted octanol–water partition coefficient (Wildman–Crippen LogP) is 0.000580. The van der Waals surface area contributed by atoms with Gasteiger partial charge < -0.3 is 0 Å². The molecule has 0 aromatic carbocycles. The van der Waals surface area contributed by atoms with Gasteiger partial charge in [0.1, 0.15) is 6.04 Å². The third kappa shape index (κ3) is 2.55. The van der Waals surface area contributed by atoms with Gasteiger partial charge in [0.15, 0.2) is 5.03 Å². The molecule has 7 heteroatoms. The molecule has 0 saturated heterocycles. The van der Waals surface area contributed by atoms with Crippen LogP contribution in [-0.4, -0.2) is 24.2 Å². The Hall–Kier alpha value is -1.39. The third-order valence-electron chi connectivity index (χ3n) is 1.91. The predicted molar refractivity (Wildman–Crippen MR) is 53.2 cm³/mol. The molecule has 1 heterocycles. The minimum Gasteiger partial charge on any atom is -0.256 e. The zero-order valence-electron chi connectivity index (χ0n) is 8.51. The van der Waals surface area contributed by atoms with Crippen LogP contribution >= 0.6 is 0 Å². The molecular formula is C8H12N4O2S. The highest BCUT2D eigenvalue weighted by Crippen LogP contribution is 2.07. The lowest BCUT2D eigenvalue weighted by atomic mass is 10.3. The molecule has 15 heavy (non-hydrogen) atoms. The van der Waals surface area contributed by atoms with Crippen molar-refractivity contribution in [1.29, 1.82) is 5.26 Å². The lowest BCUT2D eigenvalue weighted by Gasteiger charge is -2.09. The molecule has 0 fully saturated rings. The van der Waals surface area contributed by atoms with E-state index in [1.165, 1.54) is 24.0 Å². The monoisotopic (exact) mass is 228 g/mol. The summed E-state index contributed by atoms with van der Waals surface area (Å²) in [5.74, 6) is 0. The summed E-state index contributed by atoms with van der Waals surface area (Å²) >= 11 is 0. The van der Waals surface area contributed by atoms with Crippen molar-refractivity contribution < 1.29 is 8.42 Å². The molecule has 82 valence electrons. The molecule has 1 rings (SSSR count). The number of nitriles is 1. The number of hydrogen-bond donors (Lipinski definition) is 1. The van der Waals surface area contributed by atoms with Gasteiger partial charge in [0.05, 0.1) is 12.3 Å². The highest BCUT2D eigenvalue weighted by molar-refractivity contribution is 7.89.